The maximum absolute atomic E-state index is 13.8. The number of hydrogen-bond acceptors (Lipinski definition) is 9. The van der Waals surface area contributed by atoms with Gasteiger partial charge in [-0.1, -0.05) is 69.7 Å². The second-order valence-electron chi connectivity index (χ2n) is 11.7. The first-order chi connectivity index (χ1) is 22.1. The molecule has 0 N–H and O–H groups in total. The number of ether oxygens (including phenoxy) is 2. The van der Waals surface area contributed by atoms with E-state index in [4.69, 9.17) is 9.47 Å². The van der Waals surface area contributed by atoms with Crippen molar-refractivity contribution in [3.8, 4) is 5.75 Å². The summed E-state index contributed by atoms with van der Waals surface area (Å²) in [6, 6.07) is 20.0. The molecule has 7 rings (SSSR count). The van der Waals surface area contributed by atoms with Crippen LogP contribution in [-0.4, -0.2) is 55.7 Å². The number of alkyl halides is 1. The molecule has 10 nitrogen and oxygen atoms in total. The first kappa shape index (κ1) is 29.5. The Morgan fingerprint density at radius 3 is 2.17 bits per heavy atom. The van der Waals surface area contributed by atoms with E-state index in [9.17, 15) is 19.2 Å². The molecule has 0 spiro atoms. The highest BCUT2D eigenvalue weighted by atomic mass is 79.9. The number of hydrogen-bond donors (Lipinski definition) is 0. The fourth-order valence-electron chi connectivity index (χ4n) is 6.13. The quantitative estimate of drug-likeness (QED) is 0.191. The Labute approximate surface area is 272 Å². The normalized spacial score (nSPS) is 20.0. The van der Waals surface area contributed by atoms with Gasteiger partial charge in [0.2, 0.25) is 17.3 Å². The van der Waals surface area contributed by atoms with E-state index in [1.54, 1.807) is 95.7 Å². The van der Waals surface area contributed by atoms with E-state index in [-0.39, 0.29) is 29.4 Å². The lowest BCUT2D eigenvalue weighted by atomic mass is 9.79. The van der Waals surface area contributed by atoms with E-state index < -0.39 is 28.0 Å². The molecule has 0 amide bonds. The average Bonchev–Trinajstić information content (AvgIpc) is 3.53. The number of allylic oxidation sites excluding steroid dienone is 3. The molecule has 1 aromatic heterocycles. The van der Waals surface area contributed by atoms with E-state index in [2.05, 4.69) is 26.2 Å². The van der Waals surface area contributed by atoms with Crippen LogP contribution >= 0.6 is 15.9 Å². The van der Waals surface area contributed by atoms with E-state index >= 15 is 0 Å². The Morgan fingerprint density at radius 2 is 1.50 bits per heavy atom. The van der Waals surface area contributed by atoms with E-state index in [1.165, 1.54) is 6.08 Å². The summed E-state index contributed by atoms with van der Waals surface area (Å²) in [7, 11) is 1.56. The zero-order chi connectivity index (χ0) is 32.3. The molecule has 4 aromatic rings. The number of carbonyl (C=O) groups is 4. The summed E-state index contributed by atoms with van der Waals surface area (Å²) in [4.78, 5) is 54.9. The van der Waals surface area contributed by atoms with Gasteiger partial charge in [0, 0.05) is 34.0 Å². The highest BCUT2D eigenvalue weighted by Gasteiger charge is 2.51. The smallest absolute Gasteiger partial charge is 0.235 e. The Hall–Kier alpha value is -5.16. The van der Waals surface area contributed by atoms with Crippen LogP contribution in [0, 0.1) is 0 Å². The van der Waals surface area contributed by atoms with Crippen molar-refractivity contribution in [2.75, 3.05) is 12.0 Å². The van der Waals surface area contributed by atoms with Gasteiger partial charge in [-0.2, -0.15) is 0 Å². The molecule has 3 aromatic carbocycles. The molecule has 0 bridgehead atoms. The number of halogens is 1. The van der Waals surface area contributed by atoms with Crippen LogP contribution in [0.1, 0.15) is 62.2 Å². The summed E-state index contributed by atoms with van der Waals surface area (Å²) in [5, 5.41) is 8.84. The van der Waals surface area contributed by atoms with Gasteiger partial charge in [-0.05, 0) is 38.1 Å². The van der Waals surface area contributed by atoms with Gasteiger partial charge in [0.15, 0.2) is 5.78 Å². The fraction of sp³-hybridized carbons (Fsp3) is 0.200. The van der Waals surface area contributed by atoms with Crippen molar-refractivity contribution in [2.45, 2.75) is 36.9 Å². The van der Waals surface area contributed by atoms with Gasteiger partial charge in [-0.15, -0.1) is 5.10 Å². The van der Waals surface area contributed by atoms with Crippen LogP contribution in [0.3, 0.4) is 0 Å². The molecule has 0 saturated carbocycles. The van der Waals surface area contributed by atoms with Gasteiger partial charge in [-0.25, -0.2) is 4.68 Å². The van der Waals surface area contributed by atoms with E-state index in [0.717, 1.165) is 0 Å². The van der Waals surface area contributed by atoms with E-state index in [0.29, 0.717) is 45.1 Å². The summed E-state index contributed by atoms with van der Waals surface area (Å²) in [6.45, 7) is 3.86. The highest BCUT2D eigenvalue weighted by Crippen LogP contribution is 2.48. The topological polar surface area (TPSA) is 121 Å². The molecule has 0 saturated heterocycles. The van der Waals surface area contributed by atoms with Crippen LogP contribution in [0.5, 0.6) is 5.75 Å². The van der Waals surface area contributed by atoms with Crippen molar-refractivity contribution < 1.29 is 28.7 Å². The van der Waals surface area contributed by atoms with Crippen LogP contribution in [0.2, 0.25) is 0 Å². The van der Waals surface area contributed by atoms with Crippen molar-refractivity contribution in [1.82, 2.24) is 15.0 Å². The van der Waals surface area contributed by atoms with Crippen molar-refractivity contribution >= 4 is 50.5 Å². The van der Waals surface area contributed by atoms with Crippen LogP contribution in [0.4, 0.5) is 5.69 Å². The number of anilines is 1. The zero-order valence-electron chi connectivity index (χ0n) is 25.1. The number of benzene rings is 3. The van der Waals surface area contributed by atoms with Crippen LogP contribution in [-0.2, 0) is 16.1 Å². The molecule has 2 heterocycles. The molecule has 1 aliphatic heterocycles. The third-order valence-corrected chi connectivity index (χ3v) is 10.1. The van der Waals surface area contributed by atoms with Gasteiger partial charge in [-0.3, -0.25) is 19.2 Å². The fourth-order valence-corrected chi connectivity index (χ4v) is 6.73. The Kier molecular flexibility index (Phi) is 7.08. The summed E-state index contributed by atoms with van der Waals surface area (Å²) in [5.41, 5.74) is 2.18. The molecule has 0 radical (unpaired) electrons. The second-order valence-corrected chi connectivity index (χ2v) is 12.7. The summed E-state index contributed by atoms with van der Waals surface area (Å²) in [6.07, 6.45) is 3.03. The van der Waals surface area contributed by atoms with E-state index in [1.807, 2.05) is 13.8 Å². The first-order valence-corrected chi connectivity index (χ1v) is 15.5. The average molecular weight is 680 g/mol. The molecular weight excluding hydrogens is 652 g/mol. The molecule has 0 fully saturated rings. The SMILES string of the molecule is COc1ccc(N(Cc2cn([C@@H]3C4=C(OC(C)(C)[C@H]3Br)c3ccccc3C(=O)C4=O)nn2)C2=CC(=O)c3ccccc3C2=O)cc1. The number of aromatic nitrogens is 3. The van der Waals surface area contributed by atoms with Gasteiger partial charge < -0.3 is 14.4 Å². The summed E-state index contributed by atoms with van der Waals surface area (Å²) < 4.78 is 13.2. The monoisotopic (exact) mass is 678 g/mol. The number of Topliss-reactive ketones (excluding diaryl/α,β-unsaturated/α-hetero) is 3. The van der Waals surface area contributed by atoms with Gasteiger partial charge in [0.25, 0.3) is 0 Å². The van der Waals surface area contributed by atoms with Crippen LogP contribution in [0.15, 0.2) is 96.3 Å². The molecule has 0 unspecified atom stereocenters. The molecule has 230 valence electrons. The van der Waals surface area contributed by atoms with Crippen LogP contribution < -0.4 is 9.64 Å². The Bertz CT molecular complexity index is 2030. The lowest BCUT2D eigenvalue weighted by Gasteiger charge is -2.44. The third-order valence-electron chi connectivity index (χ3n) is 8.49. The van der Waals surface area contributed by atoms with Crippen molar-refractivity contribution in [1.29, 1.82) is 0 Å². The number of carbonyl (C=O) groups excluding carboxylic acids is 4. The summed E-state index contributed by atoms with van der Waals surface area (Å²) in [5.74, 6) is -0.878. The minimum absolute atomic E-state index is 0.0700. The minimum Gasteiger partial charge on any atom is -0.497 e. The maximum atomic E-state index is 13.8. The van der Waals surface area contributed by atoms with Gasteiger partial charge >= 0.3 is 0 Å². The highest BCUT2D eigenvalue weighted by molar-refractivity contribution is 9.09. The largest absolute Gasteiger partial charge is 0.497 e. The standard InChI is InChI=1S/C35H27BrN4O6/c1-35(2)34(36)29(28-32(44)31(43)24-10-6-7-11-25(24)33(28)46-35)40-18-19(37-38-40)17-39(20-12-14-21(45-3)15-13-20)26-16-27(41)22-8-4-5-9-23(22)30(26)42/h4-16,18,29,34H,17H2,1-3H3/t29-,34+/m1/s1. The molecule has 46 heavy (non-hydrogen) atoms. The number of methoxy groups -OCH3 is 1. The van der Waals surface area contributed by atoms with Crippen molar-refractivity contribution in [2.24, 2.45) is 0 Å². The van der Waals surface area contributed by atoms with Gasteiger partial charge in [0.05, 0.1) is 35.9 Å². The molecule has 2 aliphatic carbocycles. The lowest BCUT2D eigenvalue weighted by molar-refractivity contribution is -0.113. The maximum Gasteiger partial charge on any atom is 0.235 e. The number of rotatable bonds is 6. The summed E-state index contributed by atoms with van der Waals surface area (Å²) >= 11 is 3.74. The predicted molar refractivity (Wildman–Crippen MR) is 172 cm³/mol. The Balaban J connectivity index is 1.30. The molecule has 3 aliphatic rings. The number of fused-ring (bicyclic) bond motifs is 3. The number of ketones is 4. The Morgan fingerprint density at radius 1 is 0.870 bits per heavy atom. The van der Waals surface area contributed by atoms with Crippen molar-refractivity contribution in [3.05, 3.63) is 124 Å². The van der Waals surface area contributed by atoms with Gasteiger partial charge in [0.1, 0.15) is 28.8 Å². The second kappa shape index (κ2) is 11.0. The van der Waals surface area contributed by atoms with Crippen LogP contribution in [0.25, 0.3) is 5.76 Å². The lowest BCUT2D eigenvalue weighted by Crippen LogP contribution is -2.48. The third kappa shape index (κ3) is 4.69. The molecule has 2 atom stereocenters. The molecule has 11 heteroatoms. The predicted octanol–water partition coefficient (Wildman–Crippen LogP) is 5.55. The zero-order valence-corrected chi connectivity index (χ0v) is 26.6. The van der Waals surface area contributed by atoms with Crippen molar-refractivity contribution in [3.63, 3.8) is 0 Å². The number of nitrogens with zero attached hydrogens (tertiary/aromatic N) is 4. The first-order valence-electron chi connectivity index (χ1n) is 14.6. The molecular formula is C35H27BrN4O6. The minimum atomic E-state index is -0.800.